The summed E-state index contributed by atoms with van der Waals surface area (Å²) in [5, 5.41) is 9.84. The average Bonchev–Trinajstić information content (AvgIpc) is 3.45. The highest BCUT2D eigenvalue weighted by Crippen LogP contribution is 2.43. The summed E-state index contributed by atoms with van der Waals surface area (Å²) in [5.74, 6) is -1.60. The van der Waals surface area contributed by atoms with Crippen LogP contribution in [0, 0.1) is 0 Å². The van der Waals surface area contributed by atoms with Gasteiger partial charge in [-0.2, -0.15) is 0 Å². The smallest absolute Gasteiger partial charge is 0.462 e. The number of unbranched alkanes of at least 4 members (excludes halogenated alkanes) is 11. The molecule has 0 amide bonds. The predicted octanol–water partition coefficient (Wildman–Crippen LogP) is 18.5. The quantitative estimate of drug-likeness (QED) is 0.0197. The van der Waals surface area contributed by atoms with Crippen LogP contribution in [-0.2, 0) is 42.2 Å². The molecule has 0 rings (SSSR count). The number of esters is 3. The van der Waals surface area contributed by atoms with Gasteiger partial charge in [-0.25, -0.2) is 4.57 Å². The number of aliphatic hydroxyl groups excluding tert-OH is 1. The molecule has 0 bridgehead atoms. The molecule has 0 aromatic heterocycles. The maximum Gasteiger partial charge on any atom is 0.472 e. The highest BCUT2D eigenvalue weighted by atomic mass is 31.2. The molecule has 2 N–H and O–H groups in total. The van der Waals surface area contributed by atoms with Crippen LogP contribution < -0.4 is 0 Å². The molecular weight excluding hydrogens is 1020 g/mol. The van der Waals surface area contributed by atoms with Crippen molar-refractivity contribution in [2.24, 2.45) is 0 Å². The van der Waals surface area contributed by atoms with E-state index in [0.29, 0.717) is 25.7 Å². The zero-order chi connectivity index (χ0) is 58.3. The van der Waals surface area contributed by atoms with Crippen LogP contribution >= 0.6 is 7.82 Å². The van der Waals surface area contributed by atoms with Gasteiger partial charge in [-0.1, -0.05) is 217 Å². The van der Waals surface area contributed by atoms with E-state index in [4.69, 9.17) is 23.3 Å². The molecule has 0 aromatic rings. The van der Waals surface area contributed by atoms with Gasteiger partial charge in [0.1, 0.15) is 12.7 Å². The SMILES string of the molecule is CC/C=C\C/C=C\C/C=C\C/C=C\C/C=C\CCCCCC(=O)OCC(COP(=O)(O)OCC(CO)OC(=O)CCCCCCCCC/C=C\C/C=C\C/C=C\CC)OC(=O)CCC/C=C\C/C=C\C/C=C\C/C=C\C/C=C\CC. The van der Waals surface area contributed by atoms with Crippen molar-refractivity contribution in [2.75, 3.05) is 26.4 Å². The summed E-state index contributed by atoms with van der Waals surface area (Å²) >= 11 is 0. The number of rotatable bonds is 54. The molecule has 0 heterocycles. The highest BCUT2D eigenvalue weighted by molar-refractivity contribution is 7.47. The zero-order valence-electron chi connectivity index (χ0n) is 49.7. The molecular formula is C68H107O11P. The summed E-state index contributed by atoms with van der Waals surface area (Å²) in [7, 11) is -4.79. The second-order valence-corrected chi connectivity index (χ2v) is 20.8. The van der Waals surface area contributed by atoms with Crippen LogP contribution in [0.1, 0.15) is 213 Å². The van der Waals surface area contributed by atoms with Gasteiger partial charge in [0.15, 0.2) is 6.10 Å². The lowest BCUT2D eigenvalue weighted by atomic mass is 10.1. The number of phosphoric acid groups is 1. The highest BCUT2D eigenvalue weighted by Gasteiger charge is 2.28. The Morgan fingerprint density at radius 2 is 0.625 bits per heavy atom. The van der Waals surface area contributed by atoms with Gasteiger partial charge in [0.25, 0.3) is 0 Å². The van der Waals surface area contributed by atoms with E-state index >= 15 is 0 Å². The Bertz CT molecular complexity index is 1950. The van der Waals surface area contributed by atoms with Crippen molar-refractivity contribution >= 4 is 25.7 Å². The van der Waals surface area contributed by atoms with E-state index < -0.39 is 57.8 Å². The molecule has 80 heavy (non-hydrogen) atoms. The molecule has 0 radical (unpaired) electrons. The van der Waals surface area contributed by atoms with Crippen LogP contribution in [0.4, 0.5) is 0 Å². The minimum atomic E-state index is -4.79. The number of aliphatic hydroxyl groups is 1. The average molecular weight is 1130 g/mol. The maximum atomic E-state index is 12.9. The van der Waals surface area contributed by atoms with Gasteiger partial charge in [0, 0.05) is 19.3 Å². The van der Waals surface area contributed by atoms with Gasteiger partial charge >= 0.3 is 25.7 Å². The van der Waals surface area contributed by atoms with Gasteiger partial charge in [0.2, 0.25) is 0 Å². The first-order valence-electron chi connectivity index (χ1n) is 30.4. The minimum absolute atomic E-state index is 0.0716. The predicted molar refractivity (Wildman–Crippen MR) is 334 cm³/mol. The number of ether oxygens (including phenoxy) is 3. The second-order valence-electron chi connectivity index (χ2n) is 19.4. The fraction of sp³-hybridized carbons (Fsp3) is 0.574. The van der Waals surface area contributed by atoms with Crippen LogP contribution in [0.25, 0.3) is 0 Å². The molecule has 11 nitrogen and oxygen atoms in total. The Labute approximate surface area is 485 Å². The topological polar surface area (TPSA) is 155 Å². The Morgan fingerprint density at radius 3 is 1.00 bits per heavy atom. The van der Waals surface area contributed by atoms with E-state index in [-0.39, 0.29) is 25.9 Å². The van der Waals surface area contributed by atoms with Crippen molar-refractivity contribution in [2.45, 2.75) is 226 Å². The van der Waals surface area contributed by atoms with Gasteiger partial charge < -0.3 is 24.2 Å². The number of carbonyl (C=O) groups excluding carboxylic acids is 3. The van der Waals surface area contributed by atoms with Gasteiger partial charge in [-0.05, 0) is 135 Å². The molecule has 0 saturated heterocycles. The Hall–Kier alpha value is -4.90. The summed E-state index contributed by atoms with van der Waals surface area (Å²) in [5.41, 5.74) is 0. The Kier molecular flexibility index (Phi) is 56.5. The van der Waals surface area contributed by atoms with Gasteiger partial charge in [-0.3, -0.25) is 23.4 Å². The molecule has 0 aliphatic heterocycles. The molecule has 0 spiro atoms. The van der Waals surface area contributed by atoms with Crippen LogP contribution in [0.3, 0.4) is 0 Å². The third-order valence-electron chi connectivity index (χ3n) is 11.9. The summed E-state index contributed by atoms with van der Waals surface area (Å²) in [6.45, 7) is 4.18. The summed E-state index contributed by atoms with van der Waals surface area (Å²) in [6, 6.07) is 0. The monoisotopic (exact) mass is 1130 g/mol. The molecule has 3 atom stereocenters. The number of hydrogen-bond donors (Lipinski definition) is 2. The summed E-state index contributed by atoms with van der Waals surface area (Å²) in [6.07, 6.45) is 79.2. The van der Waals surface area contributed by atoms with Crippen molar-refractivity contribution in [3.63, 3.8) is 0 Å². The number of hydrogen-bond acceptors (Lipinski definition) is 10. The van der Waals surface area contributed by atoms with Crippen molar-refractivity contribution in [3.8, 4) is 0 Å². The summed E-state index contributed by atoms with van der Waals surface area (Å²) < 4.78 is 39.5. The fourth-order valence-corrected chi connectivity index (χ4v) is 8.22. The van der Waals surface area contributed by atoms with E-state index in [1.165, 1.54) is 6.42 Å². The summed E-state index contributed by atoms with van der Waals surface area (Å²) in [4.78, 5) is 48.7. The first kappa shape index (κ1) is 75.1. The van der Waals surface area contributed by atoms with Crippen molar-refractivity contribution in [1.82, 2.24) is 0 Å². The molecule has 12 heteroatoms. The van der Waals surface area contributed by atoms with E-state index in [9.17, 15) is 28.9 Å². The van der Waals surface area contributed by atoms with Crippen LogP contribution in [0.15, 0.2) is 158 Å². The first-order chi connectivity index (χ1) is 39.2. The van der Waals surface area contributed by atoms with Gasteiger partial charge in [0.05, 0.1) is 19.8 Å². The minimum Gasteiger partial charge on any atom is -0.462 e. The Balaban J connectivity index is 4.87. The largest absolute Gasteiger partial charge is 0.472 e. The molecule has 3 unspecified atom stereocenters. The van der Waals surface area contributed by atoms with Crippen molar-refractivity contribution in [1.29, 1.82) is 0 Å². The van der Waals surface area contributed by atoms with E-state index in [1.54, 1.807) is 0 Å². The lowest BCUT2D eigenvalue weighted by Gasteiger charge is -2.21. The Morgan fingerprint density at radius 1 is 0.350 bits per heavy atom. The normalized spacial score (nSPS) is 14.4. The third-order valence-corrected chi connectivity index (χ3v) is 12.9. The van der Waals surface area contributed by atoms with Crippen molar-refractivity contribution < 1.29 is 52.2 Å². The standard InChI is InChI=1S/C68H107O11P/c1-4-7-10-13-16-19-22-25-28-31-32-35-36-39-42-45-48-51-54-57-66(70)75-61-65(79-68(72)59-56-53-50-47-44-41-38-34-30-27-24-21-18-15-12-9-6-3)63-77-80(73,74)76-62-64(60-69)78-67(71)58-55-52-49-46-43-40-37-33-29-26-23-20-17-14-11-8-5-2/h7-12,16-21,25-30,32,35,38-39,41-42,47,50,64-65,69H,4-6,13-15,22-24,31,33-34,36-37,40,43-46,48-49,51-63H2,1-3H3,(H,73,74)/b10-7-,11-8-,12-9-,19-16-,20-17-,21-18-,28-25-,29-26-,30-27-,35-32-,41-38-,42-39-,50-47-. The molecule has 0 fully saturated rings. The van der Waals surface area contributed by atoms with Crippen LogP contribution in [0.2, 0.25) is 0 Å². The fourth-order valence-electron chi connectivity index (χ4n) is 7.43. The number of phosphoric ester groups is 1. The van der Waals surface area contributed by atoms with Crippen molar-refractivity contribution in [3.05, 3.63) is 158 Å². The van der Waals surface area contributed by atoms with Crippen LogP contribution in [-0.4, -0.2) is 66.5 Å². The zero-order valence-corrected chi connectivity index (χ0v) is 50.6. The van der Waals surface area contributed by atoms with Gasteiger partial charge in [-0.15, -0.1) is 0 Å². The molecule has 0 aromatic carbocycles. The molecule has 0 saturated carbocycles. The maximum absolute atomic E-state index is 12.9. The first-order valence-corrected chi connectivity index (χ1v) is 31.9. The lowest BCUT2D eigenvalue weighted by molar-refractivity contribution is -0.161. The second kappa shape index (κ2) is 60.2. The van der Waals surface area contributed by atoms with E-state index in [2.05, 4.69) is 167 Å². The number of carbonyl (C=O) groups is 3. The molecule has 0 aliphatic rings. The van der Waals surface area contributed by atoms with E-state index in [0.717, 1.165) is 141 Å². The molecule has 450 valence electrons. The third kappa shape index (κ3) is 57.8. The van der Waals surface area contributed by atoms with E-state index in [1.807, 2.05) is 12.2 Å². The number of allylic oxidation sites excluding steroid dienone is 26. The lowest BCUT2D eigenvalue weighted by Crippen LogP contribution is -2.30. The van der Waals surface area contributed by atoms with Crippen LogP contribution in [0.5, 0.6) is 0 Å². The molecule has 0 aliphatic carbocycles.